The van der Waals surface area contributed by atoms with Gasteiger partial charge in [-0.2, -0.15) is 0 Å². The first kappa shape index (κ1) is 15.8. The second kappa shape index (κ2) is 5.85. The van der Waals surface area contributed by atoms with E-state index in [0.717, 1.165) is 0 Å². The molecule has 1 aliphatic heterocycles. The third-order valence-electron chi connectivity index (χ3n) is 4.65. The first-order valence-corrected chi connectivity index (χ1v) is 7.53. The van der Waals surface area contributed by atoms with E-state index in [-0.39, 0.29) is 30.0 Å². The van der Waals surface area contributed by atoms with Gasteiger partial charge in [-0.15, -0.1) is 0 Å². The number of rotatable bonds is 4. The Labute approximate surface area is 133 Å². The summed E-state index contributed by atoms with van der Waals surface area (Å²) in [6.07, 6.45) is 2.73. The Kier molecular flexibility index (Phi) is 4.02. The molecule has 2 unspecified atom stereocenters. The molecule has 1 aromatic rings. The molecule has 1 saturated heterocycles. The fraction of sp³-hybridized carbons (Fsp3) is 0.471. The van der Waals surface area contributed by atoms with Crippen molar-refractivity contribution in [1.29, 1.82) is 0 Å². The summed E-state index contributed by atoms with van der Waals surface area (Å²) < 4.78 is 30.3. The Balaban J connectivity index is 1.87. The number of benzene rings is 1. The quantitative estimate of drug-likeness (QED) is 0.923. The lowest BCUT2D eigenvalue weighted by Gasteiger charge is -2.35. The van der Waals surface area contributed by atoms with E-state index in [2.05, 4.69) is 0 Å². The monoisotopic (exact) mass is 322 g/mol. The van der Waals surface area contributed by atoms with Crippen LogP contribution >= 0.6 is 0 Å². The number of phenolic OH excluding ortho intramolecular Hbond substituents is 1. The smallest absolute Gasteiger partial charge is 0.189 e. The molecule has 23 heavy (non-hydrogen) atoms. The molecule has 1 heterocycles. The lowest BCUT2D eigenvalue weighted by molar-refractivity contribution is -0.117. The summed E-state index contributed by atoms with van der Waals surface area (Å²) >= 11 is 0. The van der Waals surface area contributed by atoms with E-state index in [1.165, 1.54) is 25.3 Å². The molecule has 5 nitrogen and oxygen atoms in total. The van der Waals surface area contributed by atoms with Crippen LogP contribution in [-0.2, 0) is 20.7 Å². The van der Waals surface area contributed by atoms with Crippen molar-refractivity contribution >= 4 is 5.78 Å². The van der Waals surface area contributed by atoms with Gasteiger partial charge in [0, 0.05) is 18.6 Å². The van der Waals surface area contributed by atoms with Crippen LogP contribution in [0.25, 0.3) is 0 Å². The van der Waals surface area contributed by atoms with Gasteiger partial charge in [-0.05, 0) is 30.4 Å². The van der Waals surface area contributed by atoms with Gasteiger partial charge in [-0.1, -0.05) is 6.92 Å². The highest BCUT2D eigenvalue weighted by atomic mass is 19.1. The molecule has 1 aliphatic carbocycles. The number of phenols is 1. The first-order chi connectivity index (χ1) is 11.0. The van der Waals surface area contributed by atoms with E-state index in [0.29, 0.717) is 30.6 Å². The Morgan fingerprint density at radius 2 is 2.26 bits per heavy atom. The number of fused-ring (bicyclic) bond motifs is 1. The minimum Gasteiger partial charge on any atom is -0.504 e. The number of ketones is 1. The second-order valence-electron chi connectivity index (χ2n) is 5.99. The van der Waals surface area contributed by atoms with Crippen molar-refractivity contribution in [3.05, 3.63) is 35.3 Å². The maximum atomic E-state index is 14.2. The highest BCUT2D eigenvalue weighted by molar-refractivity contribution is 5.91. The molecule has 0 saturated carbocycles. The van der Waals surface area contributed by atoms with Crippen LogP contribution < -0.4 is 4.74 Å². The summed E-state index contributed by atoms with van der Waals surface area (Å²) in [5, 5.41) is 9.86. The van der Waals surface area contributed by atoms with E-state index in [1.807, 2.05) is 6.92 Å². The van der Waals surface area contributed by atoms with Crippen molar-refractivity contribution in [3.8, 4) is 11.5 Å². The van der Waals surface area contributed by atoms with Gasteiger partial charge < -0.3 is 19.3 Å². The maximum Gasteiger partial charge on any atom is 0.189 e. The van der Waals surface area contributed by atoms with Crippen LogP contribution in [0.1, 0.15) is 25.3 Å². The van der Waals surface area contributed by atoms with Gasteiger partial charge in [-0.25, -0.2) is 4.39 Å². The third kappa shape index (κ3) is 2.67. The highest BCUT2D eigenvalue weighted by Gasteiger charge is 2.49. The van der Waals surface area contributed by atoms with E-state index in [9.17, 15) is 14.3 Å². The largest absolute Gasteiger partial charge is 0.504 e. The molecule has 3 rings (SSSR count). The van der Waals surface area contributed by atoms with Crippen LogP contribution in [0.2, 0.25) is 0 Å². The van der Waals surface area contributed by atoms with Crippen molar-refractivity contribution in [3.63, 3.8) is 0 Å². The third-order valence-corrected chi connectivity index (χ3v) is 4.65. The van der Waals surface area contributed by atoms with Gasteiger partial charge in [0.2, 0.25) is 0 Å². The zero-order valence-corrected chi connectivity index (χ0v) is 13.1. The molecule has 124 valence electrons. The molecule has 0 spiro atoms. The summed E-state index contributed by atoms with van der Waals surface area (Å²) in [7, 11) is 1.37. The zero-order chi connectivity index (χ0) is 16.6. The van der Waals surface area contributed by atoms with Crippen LogP contribution in [0, 0.1) is 11.7 Å². The molecular weight excluding hydrogens is 303 g/mol. The lowest BCUT2D eigenvalue weighted by Crippen LogP contribution is -2.41. The van der Waals surface area contributed by atoms with E-state index < -0.39 is 11.4 Å². The zero-order valence-electron chi connectivity index (χ0n) is 13.1. The maximum absolute atomic E-state index is 14.2. The van der Waals surface area contributed by atoms with Crippen molar-refractivity contribution < 1.29 is 28.5 Å². The Hall–Kier alpha value is -2.08. The molecule has 0 aromatic heterocycles. The normalized spacial score (nSPS) is 24.7. The number of carbonyl (C=O) groups is 1. The number of hydrogen-bond donors (Lipinski definition) is 1. The van der Waals surface area contributed by atoms with Crippen LogP contribution in [0.5, 0.6) is 11.5 Å². The summed E-state index contributed by atoms with van der Waals surface area (Å²) in [4.78, 5) is 11.6. The predicted molar refractivity (Wildman–Crippen MR) is 79.6 cm³/mol. The van der Waals surface area contributed by atoms with Crippen molar-refractivity contribution in [1.82, 2.24) is 0 Å². The molecule has 0 radical (unpaired) electrons. The van der Waals surface area contributed by atoms with E-state index in [4.69, 9.17) is 14.2 Å². The molecule has 0 amide bonds. The van der Waals surface area contributed by atoms with Crippen molar-refractivity contribution in [2.45, 2.75) is 31.8 Å². The minimum atomic E-state index is -0.699. The fourth-order valence-corrected chi connectivity index (χ4v) is 3.31. The predicted octanol–water partition coefficient (Wildman–Crippen LogP) is 2.71. The molecule has 0 bridgehead atoms. The minimum absolute atomic E-state index is 0.0154. The second-order valence-corrected chi connectivity index (χ2v) is 5.99. The topological polar surface area (TPSA) is 65.0 Å². The van der Waals surface area contributed by atoms with Crippen molar-refractivity contribution in [2.24, 2.45) is 5.92 Å². The highest BCUT2D eigenvalue weighted by Crippen LogP contribution is 2.44. The average Bonchev–Trinajstić information content (AvgIpc) is 2.94. The Morgan fingerprint density at radius 1 is 1.48 bits per heavy atom. The van der Waals surface area contributed by atoms with Crippen LogP contribution in [0.4, 0.5) is 4.39 Å². The molecule has 1 aromatic carbocycles. The summed E-state index contributed by atoms with van der Waals surface area (Å²) in [5.41, 5.74) is -0.326. The van der Waals surface area contributed by atoms with Gasteiger partial charge >= 0.3 is 0 Å². The van der Waals surface area contributed by atoms with E-state index >= 15 is 0 Å². The molecule has 2 aliphatic rings. The Morgan fingerprint density at radius 3 is 3.00 bits per heavy atom. The number of halogens is 1. The fourth-order valence-electron chi connectivity index (χ4n) is 3.31. The number of aromatic hydroxyl groups is 1. The number of methoxy groups -OCH3 is 1. The van der Waals surface area contributed by atoms with Crippen LogP contribution in [-0.4, -0.2) is 30.4 Å². The average molecular weight is 322 g/mol. The summed E-state index contributed by atoms with van der Waals surface area (Å²) in [5.74, 6) is -0.0278. The standard InChI is InChI=1S/C17H19FO5/c1-10(5-11-6-14(20)15(21-2)8-13(11)18)17-4-3-12(19)7-16(17)22-9-23-17/h6-8,10,20H,3-5,9H2,1-2H3. The molecule has 1 fully saturated rings. The molecule has 1 N–H and O–H groups in total. The van der Waals surface area contributed by atoms with Gasteiger partial charge in [0.15, 0.2) is 24.1 Å². The number of carbonyl (C=O) groups excluding carboxylic acids is 1. The molecule has 6 heteroatoms. The van der Waals surface area contributed by atoms with Gasteiger partial charge in [-0.3, -0.25) is 4.79 Å². The van der Waals surface area contributed by atoms with Gasteiger partial charge in [0.25, 0.3) is 0 Å². The van der Waals surface area contributed by atoms with Crippen molar-refractivity contribution in [2.75, 3.05) is 13.9 Å². The molecular formula is C17H19FO5. The van der Waals surface area contributed by atoms with Gasteiger partial charge in [0.05, 0.1) is 7.11 Å². The number of allylic oxidation sites excluding steroid dienone is 1. The van der Waals surface area contributed by atoms with Gasteiger partial charge in [0.1, 0.15) is 17.2 Å². The van der Waals surface area contributed by atoms with E-state index in [1.54, 1.807) is 0 Å². The first-order valence-electron chi connectivity index (χ1n) is 7.53. The van der Waals surface area contributed by atoms with Crippen LogP contribution in [0.15, 0.2) is 24.0 Å². The summed E-state index contributed by atoms with van der Waals surface area (Å²) in [6.45, 7) is 2.03. The molecule has 2 atom stereocenters. The SMILES string of the molecule is COc1cc(F)c(CC(C)C23CCC(=O)C=C2OCO3)cc1O. The van der Waals surface area contributed by atoms with Crippen LogP contribution in [0.3, 0.4) is 0 Å². The lowest BCUT2D eigenvalue weighted by atomic mass is 9.76. The Bertz CT molecular complexity index is 669. The number of ether oxygens (including phenoxy) is 3. The number of hydrogen-bond acceptors (Lipinski definition) is 5. The summed E-state index contributed by atoms with van der Waals surface area (Å²) in [6, 6.07) is 2.54.